The molecule has 0 saturated heterocycles. The monoisotopic (exact) mass is 269 g/mol. The van der Waals surface area contributed by atoms with Crippen molar-refractivity contribution < 1.29 is 9.53 Å². The Balaban J connectivity index is 1.91. The van der Waals surface area contributed by atoms with Crippen molar-refractivity contribution in [3.8, 4) is 5.75 Å². The summed E-state index contributed by atoms with van der Waals surface area (Å²) in [5, 5.41) is 2.88. The molecule has 0 bridgehead atoms. The Kier molecular flexibility index (Phi) is 4.77. The van der Waals surface area contributed by atoms with Crippen molar-refractivity contribution in [2.75, 3.05) is 12.4 Å². The van der Waals surface area contributed by atoms with Crippen LogP contribution in [0.2, 0.25) is 0 Å². The number of aryl methyl sites for hydroxylation is 2. The van der Waals surface area contributed by atoms with Crippen molar-refractivity contribution in [1.29, 1.82) is 0 Å². The Morgan fingerprint density at radius 2 is 1.80 bits per heavy atom. The van der Waals surface area contributed by atoms with Crippen LogP contribution in [0.3, 0.4) is 0 Å². The molecule has 0 unspecified atom stereocenters. The first-order chi connectivity index (χ1) is 9.69. The number of amides is 1. The van der Waals surface area contributed by atoms with Crippen molar-refractivity contribution in [3.63, 3.8) is 0 Å². The second kappa shape index (κ2) is 6.75. The molecule has 2 rings (SSSR count). The van der Waals surface area contributed by atoms with Gasteiger partial charge in [0.25, 0.3) is 0 Å². The molecule has 0 aromatic heterocycles. The molecule has 0 atom stereocenters. The first-order valence-electron chi connectivity index (χ1n) is 6.67. The third-order valence-electron chi connectivity index (χ3n) is 3.14. The van der Waals surface area contributed by atoms with Crippen LogP contribution in [0.4, 0.5) is 5.69 Å². The van der Waals surface area contributed by atoms with Gasteiger partial charge in [0.05, 0.1) is 12.8 Å². The van der Waals surface area contributed by atoms with E-state index in [0.29, 0.717) is 17.9 Å². The van der Waals surface area contributed by atoms with Crippen LogP contribution in [0, 0.1) is 6.92 Å². The Labute approximate surface area is 119 Å². The lowest BCUT2D eigenvalue weighted by atomic mass is 10.1. The second-order valence-corrected chi connectivity index (χ2v) is 4.73. The maximum absolute atomic E-state index is 12.0. The Bertz CT molecular complexity index is 576. The van der Waals surface area contributed by atoms with E-state index in [1.54, 1.807) is 7.11 Å². The maximum atomic E-state index is 12.0. The van der Waals surface area contributed by atoms with E-state index in [2.05, 4.69) is 36.5 Å². The lowest BCUT2D eigenvalue weighted by Gasteiger charge is -2.09. The smallest absolute Gasteiger partial charge is 0.224 e. The molecular weight excluding hydrogens is 250 g/mol. The second-order valence-electron chi connectivity index (χ2n) is 4.73. The van der Waals surface area contributed by atoms with Crippen LogP contribution in [0.15, 0.2) is 48.5 Å². The summed E-state index contributed by atoms with van der Waals surface area (Å²) in [7, 11) is 1.59. The quantitative estimate of drug-likeness (QED) is 0.901. The van der Waals surface area contributed by atoms with Gasteiger partial charge >= 0.3 is 0 Å². The molecule has 0 aliphatic heterocycles. The van der Waals surface area contributed by atoms with Crippen LogP contribution < -0.4 is 10.1 Å². The van der Waals surface area contributed by atoms with Gasteiger partial charge < -0.3 is 10.1 Å². The van der Waals surface area contributed by atoms with E-state index in [4.69, 9.17) is 4.74 Å². The topological polar surface area (TPSA) is 38.3 Å². The minimum atomic E-state index is -0.00456. The number of carbonyl (C=O) groups excluding carboxylic acids is 1. The van der Waals surface area contributed by atoms with Gasteiger partial charge in [-0.1, -0.05) is 42.0 Å². The van der Waals surface area contributed by atoms with Crippen LogP contribution in [0.5, 0.6) is 5.75 Å². The van der Waals surface area contributed by atoms with Crippen LogP contribution in [-0.4, -0.2) is 13.0 Å². The van der Waals surface area contributed by atoms with Crippen molar-refractivity contribution in [2.45, 2.75) is 19.8 Å². The van der Waals surface area contributed by atoms with Crippen LogP contribution in [0.1, 0.15) is 17.5 Å². The van der Waals surface area contributed by atoms with Gasteiger partial charge in [0.2, 0.25) is 5.91 Å². The molecule has 3 nitrogen and oxygen atoms in total. The summed E-state index contributed by atoms with van der Waals surface area (Å²) in [5.74, 6) is 0.672. The number of carbonyl (C=O) groups is 1. The van der Waals surface area contributed by atoms with Gasteiger partial charge in [-0.2, -0.15) is 0 Å². The number of anilines is 1. The summed E-state index contributed by atoms with van der Waals surface area (Å²) < 4.78 is 5.21. The number of hydrogen-bond acceptors (Lipinski definition) is 2. The number of methoxy groups -OCH3 is 1. The average Bonchev–Trinajstić information content (AvgIpc) is 2.47. The molecule has 0 aliphatic rings. The van der Waals surface area contributed by atoms with Crippen molar-refractivity contribution in [1.82, 2.24) is 0 Å². The zero-order chi connectivity index (χ0) is 14.4. The highest BCUT2D eigenvalue weighted by Crippen LogP contribution is 2.23. The van der Waals surface area contributed by atoms with Crippen LogP contribution in [-0.2, 0) is 11.2 Å². The largest absolute Gasteiger partial charge is 0.495 e. The van der Waals surface area contributed by atoms with E-state index >= 15 is 0 Å². The Hall–Kier alpha value is -2.29. The van der Waals surface area contributed by atoms with E-state index < -0.39 is 0 Å². The molecule has 1 N–H and O–H groups in total. The number of hydrogen-bond donors (Lipinski definition) is 1. The molecule has 3 heteroatoms. The third-order valence-corrected chi connectivity index (χ3v) is 3.14. The van der Waals surface area contributed by atoms with Gasteiger partial charge in [0.15, 0.2) is 0 Å². The lowest BCUT2D eigenvalue weighted by molar-refractivity contribution is -0.116. The summed E-state index contributed by atoms with van der Waals surface area (Å²) in [6.45, 7) is 2.05. The molecule has 104 valence electrons. The molecule has 0 fully saturated rings. The highest BCUT2D eigenvalue weighted by molar-refractivity contribution is 5.92. The summed E-state index contributed by atoms with van der Waals surface area (Å²) in [6, 6.07) is 15.7. The molecule has 2 aromatic carbocycles. The first-order valence-corrected chi connectivity index (χ1v) is 6.67. The molecule has 20 heavy (non-hydrogen) atoms. The molecule has 0 radical (unpaired) electrons. The van der Waals surface area contributed by atoms with Gasteiger partial charge in [0.1, 0.15) is 5.75 Å². The fourth-order valence-corrected chi connectivity index (χ4v) is 1.97. The summed E-state index contributed by atoms with van der Waals surface area (Å²) in [5.41, 5.74) is 3.11. The Morgan fingerprint density at radius 3 is 2.50 bits per heavy atom. The molecule has 0 spiro atoms. The maximum Gasteiger partial charge on any atom is 0.224 e. The minimum absolute atomic E-state index is 0.00456. The van der Waals surface area contributed by atoms with E-state index in [1.165, 1.54) is 11.1 Å². The molecule has 0 saturated carbocycles. The predicted octanol–water partition coefficient (Wildman–Crippen LogP) is 3.57. The number of benzene rings is 2. The fraction of sp³-hybridized carbons (Fsp3) is 0.235. The highest BCUT2D eigenvalue weighted by Gasteiger charge is 2.06. The van der Waals surface area contributed by atoms with Crippen molar-refractivity contribution in [2.24, 2.45) is 0 Å². The molecule has 0 aliphatic carbocycles. The minimum Gasteiger partial charge on any atom is -0.495 e. The third kappa shape index (κ3) is 3.85. The first kappa shape index (κ1) is 14.1. The predicted molar refractivity (Wildman–Crippen MR) is 81.1 cm³/mol. The van der Waals surface area contributed by atoms with E-state index in [-0.39, 0.29) is 5.91 Å². The van der Waals surface area contributed by atoms with Gasteiger partial charge in [-0.3, -0.25) is 4.79 Å². The van der Waals surface area contributed by atoms with Gasteiger partial charge in [-0.25, -0.2) is 0 Å². The molecule has 0 heterocycles. The zero-order valence-corrected chi connectivity index (χ0v) is 11.8. The summed E-state index contributed by atoms with van der Waals surface area (Å²) in [4.78, 5) is 12.0. The van der Waals surface area contributed by atoms with Crippen LogP contribution >= 0.6 is 0 Å². The Morgan fingerprint density at radius 1 is 1.10 bits per heavy atom. The van der Waals surface area contributed by atoms with E-state index in [1.807, 2.05) is 24.3 Å². The van der Waals surface area contributed by atoms with E-state index in [0.717, 1.165) is 6.42 Å². The van der Waals surface area contributed by atoms with Gasteiger partial charge in [-0.15, -0.1) is 0 Å². The lowest BCUT2D eigenvalue weighted by Crippen LogP contribution is -2.13. The number of ether oxygens (including phenoxy) is 1. The van der Waals surface area contributed by atoms with Gasteiger partial charge in [-0.05, 0) is 31.0 Å². The fourth-order valence-electron chi connectivity index (χ4n) is 1.97. The average molecular weight is 269 g/mol. The van der Waals surface area contributed by atoms with Gasteiger partial charge in [0, 0.05) is 6.42 Å². The van der Waals surface area contributed by atoms with E-state index in [9.17, 15) is 4.79 Å². The highest BCUT2D eigenvalue weighted by atomic mass is 16.5. The molecular formula is C17H19NO2. The van der Waals surface area contributed by atoms with Crippen molar-refractivity contribution in [3.05, 3.63) is 59.7 Å². The number of rotatable bonds is 5. The number of para-hydroxylation sites is 2. The van der Waals surface area contributed by atoms with Crippen LogP contribution in [0.25, 0.3) is 0 Å². The normalized spacial score (nSPS) is 10.1. The standard InChI is InChI=1S/C17H19NO2/c1-13-7-9-14(10-8-13)11-12-17(19)18-15-5-3-4-6-16(15)20-2/h3-10H,11-12H2,1-2H3,(H,18,19). The van der Waals surface area contributed by atoms with Crippen molar-refractivity contribution >= 4 is 11.6 Å². The number of nitrogens with one attached hydrogen (secondary N) is 1. The summed E-state index contributed by atoms with van der Waals surface area (Å²) >= 11 is 0. The molecule has 1 amide bonds. The SMILES string of the molecule is COc1ccccc1NC(=O)CCc1ccc(C)cc1. The zero-order valence-electron chi connectivity index (χ0n) is 11.8. The molecule has 2 aromatic rings. The summed E-state index contributed by atoms with van der Waals surface area (Å²) in [6.07, 6.45) is 1.20.